The predicted octanol–water partition coefficient (Wildman–Crippen LogP) is 0.888. The zero-order valence-corrected chi connectivity index (χ0v) is 7.60. The number of anilines is 2. The highest BCUT2D eigenvalue weighted by atomic mass is 32.1. The van der Waals surface area contributed by atoms with Crippen molar-refractivity contribution in [3.8, 4) is 5.75 Å². The second-order valence-corrected chi connectivity index (χ2v) is 3.23. The predicted molar refractivity (Wildman–Crippen MR) is 52.2 cm³/mol. The molecule has 0 atom stereocenters. The summed E-state index contributed by atoms with van der Waals surface area (Å²) in [5.41, 5.74) is 6.77. The van der Waals surface area contributed by atoms with Crippen LogP contribution in [0.15, 0.2) is 17.0 Å². The summed E-state index contributed by atoms with van der Waals surface area (Å²) in [6, 6.07) is 3.32. The molecule has 13 heavy (non-hydrogen) atoms. The van der Waals surface area contributed by atoms with Crippen molar-refractivity contribution in [2.45, 2.75) is 4.90 Å². The summed E-state index contributed by atoms with van der Waals surface area (Å²) < 4.78 is 5.15. The highest BCUT2D eigenvalue weighted by Gasteiger charge is 2.16. The Labute approximate surface area is 80.5 Å². The van der Waals surface area contributed by atoms with Gasteiger partial charge in [-0.3, -0.25) is 4.79 Å². The number of nitrogen functional groups attached to an aromatic ring is 1. The summed E-state index contributed by atoms with van der Waals surface area (Å²) in [6.07, 6.45) is 0. The lowest BCUT2D eigenvalue weighted by molar-refractivity contribution is -0.118. The number of carbonyl (C=O) groups excluding carboxylic acids is 1. The second-order valence-electron chi connectivity index (χ2n) is 2.74. The summed E-state index contributed by atoms with van der Waals surface area (Å²) >= 11 is 4.13. The molecular weight excluding hydrogens is 188 g/mol. The average Bonchev–Trinajstić information content (AvgIpc) is 2.08. The van der Waals surface area contributed by atoms with Gasteiger partial charge in [-0.2, -0.15) is 0 Å². The largest absolute Gasteiger partial charge is 0.482 e. The van der Waals surface area contributed by atoms with Crippen LogP contribution >= 0.6 is 12.6 Å². The maximum Gasteiger partial charge on any atom is 0.262 e. The van der Waals surface area contributed by atoms with Gasteiger partial charge in [0, 0.05) is 16.6 Å². The highest BCUT2D eigenvalue weighted by Crippen LogP contribution is 2.33. The average molecular weight is 196 g/mol. The number of nitrogens with one attached hydrogen (secondary N) is 1. The normalized spacial score (nSPS) is 14.4. The molecule has 4 nitrogen and oxygen atoms in total. The summed E-state index contributed by atoms with van der Waals surface area (Å²) in [7, 11) is 0. The van der Waals surface area contributed by atoms with Crippen LogP contribution in [0, 0.1) is 0 Å². The van der Waals surface area contributed by atoms with Crippen LogP contribution in [-0.2, 0) is 4.79 Å². The fourth-order valence-corrected chi connectivity index (χ4v) is 1.32. The lowest BCUT2D eigenvalue weighted by Gasteiger charge is -2.18. The summed E-state index contributed by atoms with van der Waals surface area (Å²) in [6.45, 7) is 0.0400. The Morgan fingerprint density at radius 1 is 1.54 bits per heavy atom. The first-order valence-corrected chi connectivity index (χ1v) is 4.16. The van der Waals surface area contributed by atoms with Crippen LogP contribution in [0.2, 0.25) is 0 Å². The first-order chi connectivity index (χ1) is 6.16. The van der Waals surface area contributed by atoms with Gasteiger partial charge in [-0.05, 0) is 6.07 Å². The molecule has 68 valence electrons. The van der Waals surface area contributed by atoms with Crippen molar-refractivity contribution < 1.29 is 9.53 Å². The van der Waals surface area contributed by atoms with Gasteiger partial charge < -0.3 is 15.8 Å². The Balaban J connectivity index is 2.49. The van der Waals surface area contributed by atoms with Crippen LogP contribution in [0.25, 0.3) is 0 Å². The zero-order valence-electron chi connectivity index (χ0n) is 6.70. The van der Waals surface area contributed by atoms with Crippen LogP contribution in [-0.4, -0.2) is 12.5 Å². The van der Waals surface area contributed by atoms with Crippen molar-refractivity contribution in [3.63, 3.8) is 0 Å². The van der Waals surface area contributed by atoms with Crippen LogP contribution < -0.4 is 15.8 Å². The smallest absolute Gasteiger partial charge is 0.262 e. The van der Waals surface area contributed by atoms with Crippen molar-refractivity contribution >= 4 is 29.9 Å². The monoisotopic (exact) mass is 196 g/mol. The van der Waals surface area contributed by atoms with Gasteiger partial charge >= 0.3 is 0 Å². The number of carbonyl (C=O) groups is 1. The minimum Gasteiger partial charge on any atom is -0.482 e. The van der Waals surface area contributed by atoms with E-state index in [0.29, 0.717) is 22.0 Å². The number of benzene rings is 1. The molecule has 1 aromatic rings. The number of thiol groups is 1. The maximum atomic E-state index is 10.9. The molecule has 0 radical (unpaired) electrons. The van der Waals surface area contributed by atoms with Crippen LogP contribution in [0.5, 0.6) is 5.75 Å². The van der Waals surface area contributed by atoms with Gasteiger partial charge in [0.2, 0.25) is 0 Å². The molecule has 0 saturated carbocycles. The first kappa shape index (κ1) is 8.25. The number of ether oxygens (including phenoxy) is 1. The molecule has 3 N–H and O–H groups in total. The van der Waals surface area contributed by atoms with Crippen LogP contribution in [0.4, 0.5) is 11.4 Å². The standard InChI is InChI=1S/C8H8N2O2S/c9-4-1-6-5(2-7(4)13)10-8(11)3-12-6/h1-2,13H,3,9H2,(H,10,11). The SMILES string of the molecule is Nc1cc2c(cc1S)NC(=O)CO2. The van der Waals surface area contributed by atoms with Gasteiger partial charge in [0.1, 0.15) is 5.75 Å². The third-order valence-electron chi connectivity index (χ3n) is 1.76. The third-order valence-corrected chi connectivity index (χ3v) is 2.15. The number of fused-ring (bicyclic) bond motifs is 1. The Kier molecular flexibility index (Phi) is 1.81. The van der Waals surface area contributed by atoms with E-state index in [4.69, 9.17) is 10.5 Å². The van der Waals surface area contributed by atoms with Crippen molar-refractivity contribution in [2.24, 2.45) is 0 Å². The quantitative estimate of drug-likeness (QED) is 0.426. The fraction of sp³-hybridized carbons (Fsp3) is 0.125. The van der Waals surface area contributed by atoms with E-state index >= 15 is 0 Å². The van der Waals surface area contributed by atoms with E-state index in [1.165, 1.54) is 0 Å². The molecule has 0 unspecified atom stereocenters. The molecule has 0 aromatic heterocycles. The number of hydrogen-bond donors (Lipinski definition) is 3. The Hall–Kier alpha value is -1.36. The van der Waals surface area contributed by atoms with Crippen molar-refractivity contribution in [1.29, 1.82) is 0 Å². The lowest BCUT2D eigenvalue weighted by Crippen LogP contribution is -2.25. The fourth-order valence-electron chi connectivity index (χ4n) is 1.13. The molecule has 2 rings (SSSR count). The zero-order chi connectivity index (χ0) is 9.42. The van der Waals surface area contributed by atoms with E-state index in [1.54, 1.807) is 12.1 Å². The molecule has 0 fully saturated rings. The molecule has 1 aromatic carbocycles. The van der Waals surface area contributed by atoms with Gasteiger partial charge in [-0.25, -0.2) is 0 Å². The molecule has 1 aliphatic heterocycles. The Morgan fingerprint density at radius 3 is 3.08 bits per heavy atom. The molecule has 1 heterocycles. The number of hydrogen-bond acceptors (Lipinski definition) is 4. The van der Waals surface area contributed by atoms with Gasteiger partial charge in [0.15, 0.2) is 6.61 Å². The van der Waals surface area contributed by atoms with Gasteiger partial charge in [0.25, 0.3) is 5.91 Å². The molecule has 1 amide bonds. The highest BCUT2D eigenvalue weighted by molar-refractivity contribution is 7.80. The lowest BCUT2D eigenvalue weighted by atomic mass is 10.2. The molecule has 1 aliphatic rings. The molecule has 0 bridgehead atoms. The summed E-state index contributed by atoms with van der Waals surface area (Å²) in [5.74, 6) is 0.430. The van der Waals surface area contributed by atoms with Crippen molar-refractivity contribution in [3.05, 3.63) is 12.1 Å². The molecular formula is C8H8N2O2S. The molecule has 5 heteroatoms. The van der Waals surface area contributed by atoms with Crippen LogP contribution in [0.3, 0.4) is 0 Å². The number of nitrogens with two attached hydrogens (primary N) is 1. The first-order valence-electron chi connectivity index (χ1n) is 3.72. The molecule has 0 saturated heterocycles. The summed E-state index contributed by atoms with van der Waals surface area (Å²) in [5, 5.41) is 2.66. The Bertz CT molecular complexity index is 379. The van der Waals surface area contributed by atoms with E-state index in [0.717, 1.165) is 0 Å². The van der Waals surface area contributed by atoms with Crippen molar-refractivity contribution in [2.75, 3.05) is 17.7 Å². The van der Waals surface area contributed by atoms with Gasteiger partial charge in [0.05, 0.1) is 5.69 Å². The summed E-state index contributed by atoms with van der Waals surface area (Å²) in [4.78, 5) is 11.6. The van der Waals surface area contributed by atoms with E-state index in [1.807, 2.05) is 0 Å². The second kappa shape index (κ2) is 2.85. The topological polar surface area (TPSA) is 64.3 Å². The minimum absolute atomic E-state index is 0.0400. The maximum absolute atomic E-state index is 10.9. The van der Waals surface area contributed by atoms with E-state index in [2.05, 4.69) is 17.9 Å². The number of amides is 1. The third kappa shape index (κ3) is 1.42. The van der Waals surface area contributed by atoms with E-state index < -0.39 is 0 Å². The van der Waals surface area contributed by atoms with Gasteiger partial charge in [-0.15, -0.1) is 12.6 Å². The minimum atomic E-state index is -0.162. The van der Waals surface area contributed by atoms with Gasteiger partial charge in [-0.1, -0.05) is 0 Å². The van der Waals surface area contributed by atoms with E-state index in [-0.39, 0.29) is 12.5 Å². The molecule has 0 aliphatic carbocycles. The number of rotatable bonds is 0. The molecule has 0 spiro atoms. The van der Waals surface area contributed by atoms with Crippen molar-refractivity contribution in [1.82, 2.24) is 0 Å². The van der Waals surface area contributed by atoms with E-state index in [9.17, 15) is 4.79 Å². The van der Waals surface area contributed by atoms with Crippen LogP contribution in [0.1, 0.15) is 0 Å². The Morgan fingerprint density at radius 2 is 2.31 bits per heavy atom.